The molecule has 0 aromatic heterocycles. The second-order valence-electron chi connectivity index (χ2n) is 6.20. The summed E-state index contributed by atoms with van der Waals surface area (Å²) in [5.41, 5.74) is 0. The summed E-state index contributed by atoms with van der Waals surface area (Å²) in [7, 11) is -4.90. The zero-order chi connectivity index (χ0) is 18.1. The minimum atomic E-state index is -4.90. The molecule has 0 radical (unpaired) electrons. The van der Waals surface area contributed by atoms with Gasteiger partial charge in [-0.2, -0.15) is 0 Å². The van der Waals surface area contributed by atoms with Crippen molar-refractivity contribution in [2.45, 2.75) is 96.8 Å². The Balaban J connectivity index is 0. The molecule has 0 aliphatic carbocycles. The number of carbonyl (C=O) groups excluding carboxylic acids is 1. The van der Waals surface area contributed by atoms with Crippen LogP contribution in [0.5, 0.6) is 0 Å². The van der Waals surface area contributed by atoms with Crippen LogP contribution in [0.2, 0.25) is 0 Å². The third-order valence-electron chi connectivity index (χ3n) is 3.84. The van der Waals surface area contributed by atoms with Crippen molar-refractivity contribution in [2.75, 3.05) is 0 Å². The van der Waals surface area contributed by atoms with Crippen molar-refractivity contribution in [1.29, 1.82) is 0 Å². The summed E-state index contributed by atoms with van der Waals surface area (Å²) >= 11 is 0. The number of unbranched alkanes of at least 4 members (excludes halogenated alkanes) is 11. The molecule has 0 aliphatic heterocycles. The van der Waals surface area contributed by atoms with Gasteiger partial charge < -0.3 is 8.74 Å². The molecular formula is C18H33LiO5S. The molecule has 7 heteroatoms. The van der Waals surface area contributed by atoms with E-state index in [0.29, 0.717) is 6.42 Å². The fourth-order valence-electron chi connectivity index (χ4n) is 2.50. The summed E-state index contributed by atoms with van der Waals surface area (Å²) in [5, 5.41) is 0. The van der Waals surface area contributed by atoms with Crippen LogP contribution in [0.3, 0.4) is 0 Å². The number of hydrogen-bond acceptors (Lipinski definition) is 5. The number of carbonyl (C=O) groups is 1. The minimum absolute atomic E-state index is 0. The molecule has 0 saturated carbocycles. The van der Waals surface area contributed by atoms with E-state index in [1.165, 1.54) is 44.9 Å². The molecule has 0 unspecified atom stereocenters. The summed E-state index contributed by atoms with van der Waals surface area (Å²) in [6, 6.07) is 0. The van der Waals surface area contributed by atoms with E-state index in [4.69, 9.17) is 0 Å². The molecule has 0 atom stereocenters. The largest absolute Gasteiger partial charge is 1.00 e. The first-order valence-corrected chi connectivity index (χ1v) is 10.6. The van der Waals surface area contributed by atoms with E-state index >= 15 is 0 Å². The number of hydrogen-bond donors (Lipinski definition) is 0. The number of allylic oxidation sites excluding steroid dienone is 2. The standard InChI is InChI=1S/C18H34O5S.Li/c1-2-3-4-5-6-7-8-9-10-11-12-13-14-15-16-17-18(19)23-24(20,21)22;/h9-10H,2-8,11-17H2,1H3,(H,20,21,22);/q;+1/p-1/b10-9-;. The van der Waals surface area contributed by atoms with Crippen LogP contribution in [0, 0.1) is 0 Å². The zero-order valence-corrected chi connectivity index (χ0v) is 16.8. The summed E-state index contributed by atoms with van der Waals surface area (Å²) in [5.74, 6) is -0.956. The Morgan fingerprint density at radius 1 is 0.840 bits per heavy atom. The second kappa shape index (κ2) is 18.5. The van der Waals surface area contributed by atoms with Crippen LogP contribution in [-0.4, -0.2) is 18.9 Å². The van der Waals surface area contributed by atoms with Crippen molar-refractivity contribution in [3.8, 4) is 0 Å². The minimum Gasteiger partial charge on any atom is -0.716 e. The molecule has 0 N–H and O–H groups in total. The van der Waals surface area contributed by atoms with Gasteiger partial charge in [-0.25, -0.2) is 8.42 Å². The smallest absolute Gasteiger partial charge is 0.716 e. The second-order valence-corrected chi connectivity index (χ2v) is 7.18. The van der Waals surface area contributed by atoms with Gasteiger partial charge in [0.05, 0.1) is 0 Å². The van der Waals surface area contributed by atoms with Crippen molar-refractivity contribution in [1.82, 2.24) is 0 Å². The quantitative estimate of drug-likeness (QED) is 0.137. The molecule has 0 rings (SSSR count). The van der Waals surface area contributed by atoms with Crippen LogP contribution in [0.4, 0.5) is 0 Å². The van der Waals surface area contributed by atoms with Crippen molar-refractivity contribution in [3.63, 3.8) is 0 Å². The van der Waals surface area contributed by atoms with Gasteiger partial charge in [0.2, 0.25) is 0 Å². The molecule has 25 heavy (non-hydrogen) atoms. The van der Waals surface area contributed by atoms with Gasteiger partial charge in [-0.15, -0.1) is 0 Å². The van der Waals surface area contributed by atoms with Gasteiger partial charge in [0.15, 0.2) is 0 Å². The van der Waals surface area contributed by atoms with E-state index in [9.17, 15) is 17.8 Å². The molecule has 0 aromatic rings. The molecule has 0 bridgehead atoms. The predicted octanol–water partition coefficient (Wildman–Crippen LogP) is 2.03. The van der Waals surface area contributed by atoms with E-state index in [2.05, 4.69) is 23.3 Å². The summed E-state index contributed by atoms with van der Waals surface area (Å²) in [6.07, 6.45) is 19.4. The summed E-state index contributed by atoms with van der Waals surface area (Å²) < 4.78 is 34.3. The van der Waals surface area contributed by atoms with Crippen LogP contribution in [0.25, 0.3) is 0 Å². The maximum Gasteiger partial charge on any atom is 1.00 e. The van der Waals surface area contributed by atoms with E-state index in [1.54, 1.807) is 0 Å². The van der Waals surface area contributed by atoms with E-state index in [0.717, 1.165) is 32.1 Å². The normalized spacial score (nSPS) is 11.4. The zero-order valence-electron chi connectivity index (χ0n) is 16.0. The van der Waals surface area contributed by atoms with Gasteiger partial charge in [-0.05, 0) is 32.1 Å². The molecule has 0 heterocycles. The van der Waals surface area contributed by atoms with Gasteiger partial charge in [0.25, 0.3) is 10.4 Å². The average molecular weight is 368 g/mol. The van der Waals surface area contributed by atoms with Crippen molar-refractivity contribution < 1.29 is 40.8 Å². The van der Waals surface area contributed by atoms with Gasteiger partial charge in [0.1, 0.15) is 0 Å². The third-order valence-corrected chi connectivity index (χ3v) is 4.23. The van der Waals surface area contributed by atoms with Gasteiger partial charge in [0, 0.05) is 6.42 Å². The molecule has 0 spiro atoms. The first kappa shape index (κ1) is 26.9. The summed E-state index contributed by atoms with van der Waals surface area (Å²) in [6.45, 7) is 2.23. The van der Waals surface area contributed by atoms with Crippen LogP contribution in [-0.2, 0) is 19.4 Å². The van der Waals surface area contributed by atoms with Crippen LogP contribution in [0.1, 0.15) is 96.8 Å². The molecule has 0 amide bonds. The molecular weight excluding hydrogens is 335 g/mol. The fraction of sp³-hybridized carbons (Fsp3) is 0.833. The maximum atomic E-state index is 11.0. The topological polar surface area (TPSA) is 83.5 Å². The van der Waals surface area contributed by atoms with Crippen LogP contribution < -0.4 is 18.9 Å². The molecule has 0 saturated heterocycles. The molecule has 0 aliphatic rings. The Morgan fingerprint density at radius 2 is 1.28 bits per heavy atom. The molecule has 0 fully saturated rings. The first-order valence-electron chi connectivity index (χ1n) is 9.29. The Morgan fingerprint density at radius 3 is 1.76 bits per heavy atom. The Kier molecular flexibility index (Phi) is 19.9. The molecule has 142 valence electrons. The first-order chi connectivity index (χ1) is 11.5. The van der Waals surface area contributed by atoms with Crippen molar-refractivity contribution in [2.24, 2.45) is 0 Å². The monoisotopic (exact) mass is 368 g/mol. The molecule has 5 nitrogen and oxygen atoms in total. The van der Waals surface area contributed by atoms with Crippen LogP contribution >= 0.6 is 0 Å². The Bertz CT molecular complexity index is 435. The van der Waals surface area contributed by atoms with E-state index < -0.39 is 16.4 Å². The molecule has 0 aromatic carbocycles. The SMILES string of the molecule is CCCCCCCC/C=C\CCCCCCCC(=O)OS(=O)(=O)[O-].[Li+]. The van der Waals surface area contributed by atoms with E-state index in [1.807, 2.05) is 0 Å². The average Bonchev–Trinajstić information content (AvgIpc) is 2.49. The van der Waals surface area contributed by atoms with Gasteiger partial charge in [-0.1, -0.05) is 70.4 Å². The van der Waals surface area contributed by atoms with Crippen LogP contribution in [0.15, 0.2) is 12.2 Å². The third kappa shape index (κ3) is 23.7. The van der Waals surface area contributed by atoms with Crippen molar-refractivity contribution >= 4 is 16.4 Å². The van der Waals surface area contributed by atoms with Crippen molar-refractivity contribution in [3.05, 3.63) is 12.2 Å². The Hall–Kier alpha value is -0.283. The van der Waals surface area contributed by atoms with Gasteiger partial charge in [-0.3, -0.25) is 4.79 Å². The fourth-order valence-corrected chi connectivity index (χ4v) is 2.81. The van der Waals surface area contributed by atoms with E-state index in [-0.39, 0.29) is 25.3 Å². The maximum absolute atomic E-state index is 11.0. The predicted molar refractivity (Wildman–Crippen MR) is 95.2 cm³/mol. The van der Waals surface area contributed by atoms with Gasteiger partial charge >= 0.3 is 24.8 Å². The summed E-state index contributed by atoms with van der Waals surface area (Å²) in [4.78, 5) is 11.0. The number of rotatable bonds is 16. The Labute approximate surface area is 166 Å².